The molecule has 2 aromatic carbocycles. The molecule has 112 valence electrons. The summed E-state index contributed by atoms with van der Waals surface area (Å²) in [4.78, 5) is 0. The molecule has 2 aromatic rings. The van der Waals surface area contributed by atoms with Gasteiger partial charge in [0.2, 0.25) is 0 Å². The van der Waals surface area contributed by atoms with Crippen molar-refractivity contribution >= 4 is 11.6 Å². The summed E-state index contributed by atoms with van der Waals surface area (Å²) in [5, 5.41) is 0. The van der Waals surface area contributed by atoms with E-state index in [0.29, 0.717) is 12.5 Å². The molecule has 0 heterocycles. The molecule has 2 nitrogen and oxygen atoms in total. The van der Waals surface area contributed by atoms with Crippen molar-refractivity contribution in [1.82, 2.24) is 0 Å². The molecule has 0 N–H and O–H groups in total. The fourth-order valence-electron chi connectivity index (χ4n) is 2.50. The summed E-state index contributed by atoms with van der Waals surface area (Å²) in [5.41, 5.74) is 6.01. The molecule has 0 amide bonds. The Morgan fingerprint density at radius 3 is 2.19 bits per heavy atom. The Kier molecular flexibility index (Phi) is 5.13. The molecule has 2 rings (SSSR count). The van der Waals surface area contributed by atoms with Crippen molar-refractivity contribution in [3.63, 3.8) is 0 Å². The number of hydrogen-bond acceptors (Lipinski definition) is 2. The van der Waals surface area contributed by atoms with Crippen LogP contribution in [0.15, 0.2) is 30.3 Å². The Bertz CT molecular complexity index is 612. The van der Waals surface area contributed by atoms with Gasteiger partial charge in [-0.2, -0.15) is 0 Å². The lowest BCUT2D eigenvalue weighted by Gasteiger charge is -2.15. The van der Waals surface area contributed by atoms with Crippen LogP contribution >= 0.6 is 11.6 Å². The summed E-state index contributed by atoms with van der Waals surface area (Å²) >= 11 is 5.88. The summed E-state index contributed by atoms with van der Waals surface area (Å²) in [6.45, 7) is 6.87. The zero-order valence-corrected chi connectivity index (χ0v) is 13.8. The van der Waals surface area contributed by atoms with Crippen LogP contribution in [0.1, 0.15) is 27.8 Å². The third kappa shape index (κ3) is 3.70. The van der Waals surface area contributed by atoms with Gasteiger partial charge in [-0.05, 0) is 55.2 Å². The number of hydrogen-bond donors (Lipinski definition) is 0. The van der Waals surface area contributed by atoms with Crippen molar-refractivity contribution in [2.24, 2.45) is 0 Å². The van der Waals surface area contributed by atoms with E-state index in [9.17, 15) is 0 Å². The van der Waals surface area contributed by atoms with Gasteiger partial charge in [-0.1, -0.05) is 23.8 Å². The van der Waals surface area contributed by atoms with E-state index in [-0.39, 0.29) is 0 Å². The standard InChI is InChI=1S/C18H21ClO2/c1-12-7-13(2)16(14(3)8-12)11-21-18-9-15(10-19)5-6-17(18)20-4/h5-9H,10-11H2,1-4H3. The van der Waals surface area contributed by atoms with Crippen molar-refractivity contribution < 1.29 is 9.47 Å². The molecule has 0 aromatic heterocycles. The topological polar surface area (TPSA) is 18.5 Å². The van der Waals surface area contributed by atoms with Crippen LogP contribution in [0.3, 0.4) is 0 Å². The van der Waals surface area contributed by atoms with E-state index in [0.717, 1.165) is 17.1 Å². The van der Waals surface area contributed by atoms with Gasteiger partial charge in [0.05, 0.1) is 7.11 Å². The van der Waals surface area contributed by atoms with Crippen LogP contribution in [0.5, 0.6) is 11.5 Å². The minimum atomic E-state index is 0.461. The molecular weight excluding hydrogens is 284 g/mol. The summed E-state index contributed by atoms with van der Waals surface area (Å²) in [5.74, 6) is 1.92. The van der Waals surface area contributed by atoms with Gasteiger partial charge in [-0.25, -0.2) is 0 Å². The fourth-order valence-corrected chi connectivity index (χ4v) is 2.67. The Balaban J connectivity index is 2.24. The zero-order valence-electron chi connectivity index (χ0n) is 13.0. The maximum absolute atomic E-state index is 5.97. The van der Waals surface area contributed by atoms with E-state index in [2.05, 4.69) is 32.9 Å². The molecule has 3 heteroatoms. The SMILES string of the molecule is COc1ccc(CCl)cc1OCc1c(C)cc(C)cc1C. The third-order valence-corrected chi connectivity index (χ3v) is 3.90. The van der Waals surface area contributed by atoms with Crippen molar-refractivity contribution in [3.05, 3.63) is 58.1 Å². The van der Waals surface area contributed by atoms with Crippen LogP contribution in [-0.4, -0.2) is 7.11 Å². The van der Waals surface area contributed by atoms with E-state index >= 15 is 0 Å². The van der Waals surface area contributed by atoms with E-state index in [1.54, 1.807) is 7.11 Å². The van der Waals surface area contributed by atoms with E-state index < -0.39 is 0 Å². The molecule has 0 saturated carbocycles. The second kappa shape index (κ2) is 6.86. The number of methoxy groups -OCH3 is 1. The van der Waals surface area contributed by atoms with Crippen LogP contribution in [-0.2, 0) is 12.5 Å². The van der Waals surface area contributed by atoms with Crippen LogP contribution in [0, 0.1) is 20.8 Å². The Hall–Kier alpha value is -1.67. The largest absolute Gasteiger partial charge is 0.493 e. The zero-order chi connectivity index (χ0) is 15.4. The van der Waals surface area contributed by atoms with Crippen molar-refractivity contribution in [1.29, 1.82) is 0 Å². The molecule has 21 heavy (non-hydrogen) atoms. The van der Waals surface area contributed by atoms with Crippen molar-refractivity contribution in [3.8, 4) is 11.5 Å². The Labute approximate surface area is 131 Å². The number of halogens is 1. The second-order valence-electron chi connectivity index (χ2n) is 5.28. The maximum Gasteiger partial charge on any atom is 0.161 e. The summed E-state index contributed by atoms with van der Waals surface area (Å²) in [6.07, 6.45) is 0. The molecule has 0 atom stereocenters. The number of aryl methyl sites for hydroxylation is 3. The van der Waals surface area contributed by atoms with Crippen molar-refractivity contribution in [2.75, 3.05) is 7.11 Å². The van der Waals surface area contributed by atoms with Gasteiger partial charge in [0.15, 0.2) is 11.5 Å². The quantitative estimate of drug-likeness (QED) is 0.729. The second-order valence-corrected chi connectivity index (χ2v) is 5.55. The molecule has 0 spiro atoms. The van der Waals surface area contributed by atoms with E-state index in [4.69, 9.17) is 21.1 Å². The first-order valence-electron chi connectivity index (χ1n) is 6.97. The van der Waals surface area contributed by atoms with E-state index in [1.807, 2.05) is 18.2 Å². The van der Waals surface area contributed by atoms with Crippen LogP contribution in [0.25, 0.3) is 0 Å². The lowest BCUT2D eigenvalue weighted by molar-refractivity contribution is 0.283. The smallest absolute Gasteiger partial charge is 0.161 e. The number of rotatable bonds is 5. The average Bonchev–Trinajstić information content (AvgIpc) is 2.45. The molecule has 0 fully saturated rings. The van der Waals surface area contributed by atoms with Gasteiger partial charge in [0.25, 0.3) is 0 Å². The highest BCUT2D eigenvalue weighted by molar-refractivity contribution is 6.17. The average molecular weight is 305 g/mol. The minimum Gasteiger partial charge on any atom is -0.493 e. The lowest BCUT2D eigenvalue weighted by Crippen LogP contribution is -2.03. The summed E-state index contributed by atoms with van der Waals surface area (Å²) in [6, 6.07) is 10.1. The van der Waals surface area contributed by atoms with E-state index in [1.165, 1.54) is 22.3 Å². The fraction of sp³-hybridized carbons (Fsp3) is 0.333. The first-order chi connectivity index (χ1) is 10.0. The highest BCUT2D eigenvalue weighted by Crippen LogP contribution is 2.30. The van der Waals surface area contributed by atoms with Crippen LogP contribution in [0.2, 0.25) is 0 Å². The first-order valence-corrected chi connectivity index (χ1v) is 7.51. The Morgan fingerprint density at radius 1 is 0.952 bits per heavy atom. The Morgan fingerprint density at radius 2 is 1.62 bits per heavy atom. The molecule has 0 aliphatic carbocycles. The predicted molar refractivity (Wildman–Crippen MR) is 87.5 cm³/mol. The summed E-state index contributed by atoms with van der Waals surface area (Å²) < 4.78 is 11.3. The highest BCUT2D eigenvalue weighted by Gasteiger charge is 2.09. The third-order valence-electron chi connectivity index (χ3n) is 3.59. The summed E-state index contributed by atoms with van der Waals surface area (Å²) in [7, 11) is 1.64. The molecule has 0 radical (unpaired) electrons. The maximum atomic E-state index is 5.97. The minimum absolute atomic E-state index is 0.461. The van der Waals surface area contributed by atoms with Crippen molar-refractivity contribution in [2.45, 2.75) is 33.3 Å². The number of alkyl halides is 1. The van der Waals surface area contributed by atoms with Crippen LogP contribution in [0.4, 0.5) is 0 Å². The molecular formula is C18H21ClO2. The monoisotopic (exact) mass is 304 g/mol. The van der Waals surface area contributed by atoms with Gasteiger partial charge in [-0.15, -0.1) is 11.6 Å². The van der Waals surface area contributed by atoms with Gasteiger partial charge < -0.3 is 9.47 Å². The molecule has 0 saturated heterocycles. The molecule has 0 aliphatic rings. The normalized spacial score (nSPS) is 10.5. The van der Waals surface area contributed by atoms with Gasteiger partial charge >= 0.3 is 0 Å². The van der Waals surface area contributed by atoms with Gasteiger partial charge in [0, 0.05) is 5.88 Å². The highest BCUT2D eigenvalue weighted by atomic mass is 35.5. The van der Waals surface area contributed by atoms with Gasteiger partial charge in [-0.3, -0.25) is 0 Å². The van der Waals surface area contributed by atoms with Gasteiger partial charge in [0.1, 0.15) is 6.61 Å². The first kappa shape index (κ1) is 15.7. The number of ether oxygens (including phenoxy) is 2. The molecule has 0 aliphatic heterocycles. The lowest BCUT2D eigenvalue weighted by atomic mass is 10.0. The number of benzene rings is 2. The molecule has 0 unspecified atom stereocenters. The van der Waals surface area contributed by atoms with Crippen LogP contribution < -0.4 is 9.47 Å². The molecule has 0 bridgehead atoms. The predicted octanol–water partition coefficient (Wildman–Crippen LogP) is 4.94.